The van der Waals surface area contributed by atoms with Gasteiger partial charge in [-0.3, -0.25) is 4.79 Å². The Bertz CT molecular complexity index is 420. The summed E-state index contributed by atoms with van der Waals surface area (Å²) in [6.45, 7) is 2.14. The van der Waals surface area contributed by atoms with E-state index in [2.05, 4.69) is 19.1 Å². The van der Waals surface area contributed by atoms with Crippen molar-refractivity contribution in [3.63, 3.8) is 0 Å². The lowest BCUT2D eigenvalue weighted by molar-refractivity contribution is -0.125. The van der Waals surface area contributed by atoms with Gasteiger partial charge in [-0.2, -0.15) is 0 Å². The maximum absolute atomic E-state index is 13.0. The van der Waals surface area contributed by atoms with Crippen LogP contribution in [-0.4, -0.2) is 11.2 Å². The molecule has 0 saturated heterocycles. The lowest BCUT2D eigenvalue weighted by atomic mass is 9.66. The second-order valence-corrected chi connectivity index (χ2v) is 6.51. The zero-order valence-electron chi connectivity index (χ0n) is 12.4. The average molecular weight is 293 g/mol. The van der Waals surface area contributed by atoms with E-state index in [4.69, 9.17) is 11.6 Å². The van der Waals surface area contributed by atoms with Gasteiger partial charge in [0.1, 0.15) is 0 Å². The van der Waals surface area contributed by atoms with Gasteiger partial charge in [0, 0.05) is 0 Å². The number of alkyl halides is 1. The van der Waals surface area contributed by atoms with Crippen LogP contribution in [-0.2, 0) is 10.2 Å². The number of carbonyl (C=O) groups excluding carboxylic acids is 1. The Balaban J connectivity index is 2.25. The summed E-state index contributed by atoms with van der Waals surface area (Å²) < 4.78 is 0. The molecule has 0 spiro atoms. The molecule has 1 fully saturated rings. The molecule has 1 aromatic rings. The highest BCUT2D eigenvalue weighted by Gasteiger charge is 2.43. The number of rotatable bonds is 6. The van der Waals surface area contributed by atoms with Gasteiger partial charge in [-0.05, 0) is 24.8 Å². The first-order valence-electron chi connectivity index (χ1n) is 7.94. The predicted octanol–water partition coefficient (Wildman–Crippen LogP) is 5.26. The first kappa shape index (κ1) is 15.6. The largest absolute Gasteiger partial charge is 0.297 e. The van der Waals surface area contributed by atoms with E-state index in [1.54, 1.807) is 0 Å². The maximum Gasteiger partial charge on any atom is 0.161 e. The van der Waals surface area contributed by atoms with Gasteiger partial charge >= 0.3 is 0 Å². The van der Waals surface area contributed by atoms with Crippen molar-refractivity contribution >= 4 is 17.4 Å². The number of Topliss-reactive ketones (excluding diaryl/α,β-unsaturated/α-hetero) is 1. The van der Waals surface area contributed by atoms with Gasteiger partial charge in [0.25, 0.3) is 0 Å². The molecule has 110 valence electrons. The van der Waals surface area contributed by atoms with Gasteiger partial charge in [-0.15, -0.1) is 11.6 Å². The smallest absolute Gasteiger partial charge is 0.161 e. The number of carbonyl (C=O) groups is 1. The van der Waals surface area contributed by atoms with Crippen LogP contribution in [0.2, 0.25) is 0 Å². The summed E-state index contributed by atoms with van der Waals surface area (Å²) in [7, 11) is 0. The van der Waals surface area contributed by atoms with E-state index in [0.29, 0.717) is 0 Å². The Morgan fingerprint density at radius 1 is 1.20 bits per heavy atom. The third kappa shape index (κ3) is 3.25. The summed E-state index contributed by atoms with van der Waals surface area (Å²) in [5.41, 5.74) is 0.853. The molecule has 1 aliphatic carbocycles. The van der Waals surface area contributed by atoms with Gasteiger partial charge in [0.05, 0.1) is 10.8 Å². The van der Waals surface area contributed by atoms with Crippen LogP contribution in [0.1, 0.15) is 63.9 Å². The van der Waals surface area contributed by atoms with Crippen molar-refractivity contribution in [2.24, 2.45) is 0 Å². The third-order valence-electron chi connectivity index (χ3n) is 4.60. The number of hydrogen-bond donors (Lipinski definition) is 0. The number of benzene rings is 1. The Hall–Kier alpha value is -0.820. The van der Waals surface area contributed by atoms with Crippen LogP contribution in [0.4, 0.5) is 0 Å². The normalized spacial score (nSPS) is 19.5. The number of unbranched alkanes of at least 4 members (excludes halogenated alkanes) is 1. The van der Waals surface area contributed by atoms with Crippen molar-refractivity contribution in [3.05, 3.63) is 35.9 Å². The van der Waals surface area contributed by atoms with E-state index in [1.807, 2.05) is 18.2 Å². The molecule has 0 N–H and O–H groups in total. The fourth-order valence-corrected chi connectivity index (χ4v) is 3.77. The fraction of sp³-hybridized carbons (Fsp3) is 0.611. The summed E-state index contributed by atoms with van der Waals surface area (Å²) in [5, 5.41) is -0.326. The summed E-state index contributed by atoms with van der Waals surface area (Å²) in [5.74, 6) is 0.263. The van der Waals surface area contributed by atoms with Crippen LogP contribution >= 0.6 is 11.6 Å². The first-order chi connectivity index (χ1) is 9.70. The zero-order valence-corrected chi connectivity index (χ0v) is 13.2. The molecule has 0 aromatic heterocycles. The minimum atomic E-state index is -0.326. The van der Waals surface area contributed by atoms with E-state index in [-0.39, 0.29) is 16.6 Å². The average Bonchev–Trinajstić information content (AvgIpc) is 2.53. The molecule has 0 heterocycles. The summed E-state index contributed by atoms with van der Waals surface area (Å²) >= 11 is 6.43. The molecule has 0 radical (unpaired) electrons. The second kappa shape index (κ2) is 7.26. The van der Waals surface area contributed by atoms with Crippen molar-refractivity contribution in [1.29, 1.82) is 0 Å². The monoisotopic (exact) mass is 292 g/mol. The molecule has 1 atom stereocenters. The molecule has 1 unspecified atom stereocenters. The standard InChI is InChI=1S/C18H25ClO/c1-2-3-12-16(19)17(20)18(13-8-5-9-14-18)15-10-6-4-7-11-15/h4,6-7,10-11,16H,2-3,5,8-9,12-14H2,1H3. The van der Waals surface area contributed by atoms with Crippen LogP contribution in [0, 0.1) is 0 Å². The summed E-state index contributed by atoms with van der Waals surface area (Å²) in [6.07, 6.45) is 8.38. The fourth-order valence-electron chi connectivity index (χ4n) is 3.40. The van der Waals surface area contributed by atoms with Gasteiger partial charge in [0.15, 0.2) is 5.78 Å². The van der Waals surface area contributed by atoms with E-state index >= 15 is 0 Å². The van der Waals surface area contributed by atoms with Crippen LogP contribution in [0.5, 0.6) is 0 Å². The summed E-state index contributed by atoms with van der Waals surface area (Å²) in [4.78, 5) is 13.0. The Morgan fingerprint density at radius 3 is 2.45 bits per heavy atom. The zero-order chi connectivity index (χ0) is 14.4. The van der Waals surface area contributed by atoms with E-state index in [1.165, 1.54) is 12.0 Å². The highest BCUT2D eigenvalue weighted by Crippen LogP contribution is 2.42. The topological polar surface area (TPSA) is 17.1 Å². The van der Waals surface area contributed by atoms with Gasteiger partial charge in [-0.25, -0.2) is 0 Å². The lowest BCUT2D eigenvalue weighted by Crippen LogP contribution is -2.42. The van der Waals surface area contributed by atoms with Crippen LogP contribution < -0.4 is 0 Å². The van der Waals surface area contributed by atoms with Crippen molar-refractivity contribution in [3.8, 4) is 0 Å². The van der Waals surface area contributed by atoms with Gasteiger partial charge < -0.3 is 0 Å². The van der Waals surface area contributed by atoms with Crippen molar-refractivity contribution < 1.29 is 4.79 Å². The third-order valence-corrected chi connectivity index (χ3v) is 5.02. The molecule has 1 saturated carbocycles. The van der Waals surface area contributed by atoms with Gasteiger partial charge in [-0.1, -0.05) is 69.4 Å². The van der Waals surface area contributed by atoms with E-state index < -0.39 is 0 Å². The minimum absolute atomic E-state index is 0.263. The maximum atomic E-state index is 13.0. The minimum Gasteiger partial charge on any atom is -0.297 e. The molecule has 0 aliphatic heterocycles. The van der Waals surface area contributed by atoms with E-state index in [0.717, 1.165) is 44.9 Å². The number of hydrogen-bond acceptors (Lipinski definition) is 1. The van der Waals surface area contributed by atoms with Crippen molar-refractivity contribution in [1.82, 2.24) is 0 Å². The molecule has 2 heteroatoms. The molecule has 0 bridgehead atoms. The molecule has 1 aliphatic rings. The van der Waals surface area contributed by atoms with E-state index in [9.17, 15) is 4.79 Å². The molecular weight excluding hydrogens is 268 g/mol. The SMILES string of the molecule is CCCCC(Cl)C(=O)C1(c2ccccc2)CCCCC1. The highest BCUT2D eigenvalue weighted by atomic mass is 35.5. The second-order valence-electron chi connectivity index (χ2n) is 5.98. The Kier molecular flexibility index (Phi) is 5.65. The Morgan fingerprint density at radius 2 is 1.85 bits per heavy atom. The first-order valence-corrected chi connectivity index (χ1v) is 8.38. The predicted molar refractivity (Wildman–Crippen MR) is 85.4 cm³/mol. The van der Waals surface area contributed by atoms with Crippen LogP contribution in [0.25, 0.3) is 0 Å². The van der Waals surface area contributed by atoms with Crippen LogP contribution in [0.15, 0.2) is 30.3 Å². The summed E-state index contributed by atoms with van der Waals surface area (Å²) in [6, 6.07) is 10.3. The molecule has 1 aromatic carbocycles. The molecule has 0 amide bonds. The van der Waals surface area contributed by atoms with Gasteiger partial charge in [0.2, 0.25) is 0 Å². The van der Waals surface area contributed by atoms with Crippen molar-refractivity contribution in [2.45, 2.75) is 69.1 Å². The molecule has 20 heavy (non-hydrogen) atoms. The molecular formula is C18H25ClO. The lowest BCUT2D eigenvalue weighted by Gasteiger charge is -2.37. The van der Waals surface area contributed by atoms with Crippen LogP contribution in [0.3, 0.4) is 0 Å². The molecule has 2 rings (SSSR count). The number of ketones is 1. The highest BCUT2D eigenvalue weighted by molar-refractivity contribution is 6.32. The number of halogens is 1. The quantitative estimate of drug-likeness (QED) is 0.654. The van der Waals surface area contributed by atoms with Crippen molar-refractivity contribution in [2.75, 3.05) is 0 Å². The Labute approximate surface area is 127 Å². The molecule has 1 nitrogen and oxygen atoms in total.